The van der Waals surface area contributed by atoms with Crippen molar-refractivity contribution in [2.24, 2.45) is 11.8 Å². The maximum atomic E-state index is 12.5. The number of nitrogens with zero attached hydrogens (tertiary/aromatic N) is 1. The number of rotatable bonds is 5. The minimum Gasteiger partial charge on any atom is -0.497 e. The summed E-state index contributed by atoms with van der Waals surface area (Å²) >= 11 is 0. The van der Waals surface area contributed by atoms with E-state index in [1.54, 1.807) is 7.11 Å². The van der Waals surface area contributed by atoms with Crippen LogP contribution >= 0.6 is 0 Å². The Morgan fingerprint density at radius 3 is 2.48 bits per heavy atom. The molecule has 2 aliphatic heterocycles. The molecule has 0 saturated carbocycles. The number of carboxylic acids is 1. The second kappa shape index (κ2) is 7.87. The van der Waals surface area contributed by atoms with Crippen molar-refractivity contribution in [3.05, 3.63) is 29.8 Å². The molecule has 3 rings (SSSR count). The van der Waals surface area contributed by atoms with Gasteiger partial charge in [-0.15, -0.1) is 0 Å². The summed E-state index contributed by atoms with van der Waals surface area (Å²) in [4.78, 5) is 25.7. The quantitative estimate of drug-likeness (QED) is 0.881. The van der Waals surface area contributed by atoms with Crippen molar-refractivity contribution in [3.63, 3.8) is 0 Å². The maximum Gasteiger partial charge on any atom is 0.309 e. The highest BCUT2D eigenvalue weighted by atomic mass is 16.5. The Hall–Kier alpha value is -2.08. The predicted molar refractivity (Wildman–Crippen MR) is 91.5 cm³/mol. The van der Waals surface area contributed by atoms with Crippen molar-refractivity contribution >= 4 is 11.9 Å². The fourth-order valence-corrected chi connectivity index (χ4v) is 3.85. The number of carboxylic acid groups (broad SMARTS) is 1. The van der Waals surface area contributed by atoms with Gasteiger partial charge in [-0.05, 0) is 42.9 Å². The number of piperidine rings is 1. The third-order valence-electron chi connectivity index (χ3n) is 5.32. The van der Waals surface area contributed by atoms with Crippen LogP contribution in [0.4, 0.5) is 0 Å². The number of amides is 1. The van der Waals surface area contributed by atoms with Gasteiger partial charge in [0.2, 0.25) is 5.91 Å². The van der Waals surface area contributed by atoms with E-state index in [1.807, 2.05) is 29.2 Å². The van der Waals surface area contributed by atoms with E-state index in [2.05, 4.69) is 0 Å². The first-order valence-electron chi connectivity index (χ1n) is 8.83. The molecule has 0 spiro atoms. The van der Waals surface area contributed by atoms with E-state index in [4.69, 9.17) is 9.47 Å². The second-order valence-electron chi connectivity index (χ2n) is 6.81. The smallest absolute Gasteiger partial charge is 0.309 e. The fraction of sp³-hybridized carbons (Fsp3) is 0.579. The number of ether oxygens (including phenoxy) is 2. The lowest BCUT2D eigenvalue weighted by Gasteiger charge is -2.35. The van der Waals surface area contributed by atoms with Crippen LogP contribution < -0.4 is 4.74 Å². The summed E-state index contributed by atoms with van der Waals surface area (Å²) in [5, 5.41) is 9.30. The fourth-order valence-electron chi connectivity index (χ4n) is 3.85. The van der Waals surface area contributed by atoms with Crippen molar-refractivity contribution in [2.45, 2.75) is 31.8 Å². The van der Waals surface area contributed by atoms with Gasteiger partial charge in [0.15, 0.2) is 0 Å². The molecule has 0 radical (unpaired) electrons. The first-order valence-corrected chi connectivity index (χ1v) is 8.83. The first kappa shape index (κ1) is 17.7. The molecule has 6 heteroatoms. The zero-order chi connectivity index (χ0) is 17.8. The van der Waals surface area contributed by atoms with Crippen molar-refractivity contribution in [1.29, 1.82) is 0 Å². The summed E-state index contributed by atoms with van der Waals surface area (Å²) in [6, 6.07) is 7.54. The molecule has 2 saturated heterocycles. The molecule has 2 aliphatic rings. The number of carbonyl (C=O) groups excluding carboxylic acids is 1. The summed E-state index contributed by atoms with van der Waals surface area (Å²) in [6.07, 6.45) is 2.39. The summed E-state index contributed by atoms with van der Waals surface area (Å²) in [6.45, 7) is 1.87. The summed E-state index contributed by atoms with van der Waals surface area (Å²) in [5.74, 6) is -0.0343. The summed E-state index contributed by atoms with van der Waals surface area (Å²) < 4.78 is 10.8. The van der Waals surface area contributed by atoms with Crippen LogP contribution in [-0.2, 0) is 20.7 Å². The number of likely N-dealkylation sites (tertiary alicyclic amines) is 1. The third kappa shape index (κ3) is 4.12. The van der Waals surface area contributed by atoms with E-state index < -0.39 is 11.9 Å². The van der Waals surface area contributed by atoms with Crippen molar-refractivity contribution in [3.8, 4) is 5.75 Å². The van der Waals surface area contributed by atoms with Gasteiger partial charge in [0, 0.05) is 19.7 Å². The molecule has 136 valence electrons. The Balaban J connectivity index is 1.51. The molecule has 1 aromatic carbocycles. The molecule has 1 aromatic rings. The number of carbonyl (C=O) groups is 2. The van der Waals surface area contributed by atoms with Gasteiger partial charge in [-0.2, -0.15) is 0 Å². The largest absolute Gasteiger partial charge is 0.497 e. The van der Waals surface area contributed by atoms with E-state index in [9.17, 15) is 14.7 Å². The minimum atomic E-state index is -0.763. The zero-order valence-corrected chi connectivity index (χ0v) is 14.5. The highest BCUT2D eigenvalue weighted by Crippen LogP contribution is 2.33. The van der Waals surface area contributed by atoms with Gasteiger partial charge >= 0.3 is 5.97 Å². The van der Waals surface area contributed by atoms with Gasteiger partial charge in [-0.3, -0.25) is 9.59 Å². The van der Waals surface area contributed by atoms with Crippen LogP contribution in [-0.4, -0.2) is 54.8 Å². The lowest BCUT2D eigenvalue weighted by Crippen LogP contribution is -2.43. The molecule has 25 heavy (non-hydrogen) atoms. The van der Waals surface area contributed by atoms with E-state index in [0.717, 1.165) is 24.2 Å². The average molecular weight is 347 g/mol. The molecular formula is C19H25NO5. The summed E-state index contributed by atoms with van der Waals surface area (Å²) in [7, 11) is 1.62. The number of methoxy groups -OCH3 is 1. The Kier molecular flexibility index (Phi) is 5.58. The Bertz CT molecular complexity index is 607. The molecule has 2 atom stereocenters. The van der Waals surface area contributed by atoms with E-state index in [1.165, 1.54) is 0 Å². The van der Waals surface area contributed by atoms with Crippen LogP contribution in [0.25, 0.3) is 0 Å². The molecule has 0 bridgehead atoms. The molecule has 1 unspecified atom stereocenters. The van der Waals surface area contributed by atoms with Gasteiger partial charge in [0.25, 0.3) is 0 Å². The van der Waals surface area contributed by atoms with Gasteiger partial charge in [0.1, 0.15) is 5.75 Å². The number of benzene rings is 1. The number of hydrogen-bond acceptors (Lipinski definition) is 4. The van der Waals surface area contributed by atoms with E-state index in [-0.39, 0.29) is 17.9 Å². The monoisotopic (exact) mass is 347 g/mol. The minimum absolute atomic E-state index is 0.116. The second-order valence-corrected chi connectivity index (χ2v) is 6.81. The molecule has 0 aliphatic carbocycles. The lowest BCUT2D eigenvalue weighted by atomic mass is 9.84. The first-order chi connectivity index (χ1) is 12.1. The van der Waals surface area contributed by atoms with Gasteiger partial charge < -0.3 is 19.5 Å². The Morgan fingerprint density at radius 2 is 1.88 bits per heavy atom. The van der Waals surface area contributed by atoms with Crippen LogP contribution in [0.15, 0.2) is 24.3 Å². The van der Waals surface area contributed by atoms with Crippen LogP contribution in [0.3, 0.4) is 0 Å². The van der Waals surface area contributed by atoms with Gasteiger partial charge in [-0.1, -0.05) is 12.1 Å². The van der Waals surface area contributed by atoms with Gasteiger partial charge in [0.05, 0.1) is 25.6 Å². The SMILES string of the molecule is COc1ccc(CC(=O)N2CCC([C@@H]3OCCC3C(=O)O)CC2)cc1. The molecule has 1 N–H and O–H groups in total. The highest BCUT2D eigenvalue weighted by Gasteiger charge is 2.40. The summed E-state index contributed by atoms with van der Waals surface area (Å²) in [5.41, 5.74) is 0.970. The van der Waals surface area contributed by atoms with Crippen molar-refractivity contribution in [1.82, 2.24) is 4.90 Å². The van der Waals surface area contributed by atoms with Gasteiger partial charge in [-0.25, -0.2) is 0 Å². The molecule has 0 aromatic heterocycles. The average Bonchev–Trinajstić information content (AvgIpc) is 3.12. The third-order valence-corrected chi connectivity index (χ3v) is 5.32. The standard InChI is InChI=1S/C19H25NO5/c1-24-15-4-2-13(3-5-15)12-17(21)20-9-6-14(7-10-20)18-16(19(22)23)8-11-25-18/h2-5,14,16,18H,6-12H2,1H3,(H,22,23)/t16?,18-/m0/s1. The molecule has 6 nitrogen and oxygen atoms in total. The normalized spacial score (nSPS) is 24.3. The van der Waals surface area contributed by atoms with Crippen LogP contribution in [0.5, 0.6) is 5.75 Å². The lowest BCUT2D eigenvalue weighted by molar-refractivity contribution is -0.145. The van der Waals surface area contributed by atoms with Crippen LogP contribution in [0.2, 0.25) is 0 Å². The zero-order valence-electron chi connectivity index (χ0n) is 14.5. The molecular weight excluding hydrogens is 322 g/mol. The maximum absolute atomic E-state index is 12.5. The topological polar surface area (TPSA) is 76.1 Å². The van der Waals surface area contributed by atoms with E-state index in [0.29, 0.717) is 32.5 Å². The number of aliphatic carboxylic acids is 1. The number of hydrogen-bond donors (Lipinski definition) is 1. The molecule has 1 amide bonds. The predicted octanol–water partition coefficient (Wildman–Crippen LogP) is 1.97. The van der Waals surface area contributed by atoms with E-state index >= 15 is 0 Å². The van der Waals surface area contributed by atoms with Crippen LogP contribution in [0, 0.1) is 11.8 Å². The van der Waals surface area contributed by atoms with Crippen LogP contribution in [0.1, 0.15) is 24.8 Å². The van der Waals surface area contributed by atoms with Crippen molar-refractivity contribution in [2.75, 3.05) is 26.8 Å². The van der Waals surface area contributed by atoms with Crippen molar-refractivity contribution < 1.29 is 24.2 Å². The molecule has 2 fully saturated rings. The Labute approximate surface area is 147 Å². The Morgan fingerprint density at radius 1 is 1.20 bits per heavy atom. The highest BCUT2D eigenvalue weighted by molar-refractivity contribution is 5.79. The molecule has 2 heterocycles.